The smallest absolute Gasteiger partial charge is 0.254 e. The third-order valence-corrected chi connectivity index (χ3v) is 7.30. The number of carbonyl (C=O) groups excluding carboxylic acids is 1. The standard InChI is InChI=1S/C21H23FN2O5S/c1-15-14-29-20-7-2-16(21(25)23-8-10-28-11-9-23)12-17(20)13-24(15)30(26,27)19-5-3-18(22)4-6-19/h2-7,12,15H,8-11,13-14H2,1H3/t15-/m0/s1. The molecule has 2 aromatic carbocycles. The molecule has 0 N–H and O–H groups in total. The lowest BCUT2D eigenvalue weighted by atomic mass is 10.1. The zero-order chi connectivity index (χ0) is 21.3. The molecule has 0 radical (unpaired) electrons. The average molecular weight is 434 g/mol. The molecule has 2 heterocycles. The van der Waals surface area contributed by atoms with Gasteiger partial charge in [0.25, 0.3) is 5.91 Å². The fourth-order valence-electron chi connectivity index (χ4n) is 3.61. The molecule has 2 aliphatic heterocycles. The summed E-state index contributed by atoms with van der Waals surface area (Å²) in [5.74, 6) is -0.0682. The summed E-state index contributed by atoms with van der Waals surface area (Å²) in [6, 6.07) is 9.42. The molecule has 30 heavy (non-hydrogen) atoms. The first-order valence-electron chi connectivity index (χ1n) is 9.76. The van der Waals surface area contributed by atoms with Crippen molar-refractivity contribution in [1.82, 2.24) is 9.21 Å². The van der Waals surface area contributed by atoms with Crippen molar-refractivity contribution < 1.29 is 27.1 Å². The molecule has 9 heteroatoms. The normalized spacial score (nSPS) is 20.2. The quantitative estimate of drug-likeness (QED) is 0.741. The van der Waals surface area contributed by atoms with E-state index in [4.69, 9.17) is 9.47 Å². The SMILES string of the molecule is C[C@H]1COc2ccc(C(=O)N3CCOCC3)cc2CN1S(=O)(=O)c1ccc(F)cc1. The van der Waals surface area contributed by atoms with Gasteiger partial charge in [0.15, 0.2) is 0 Å². The summed E-state index contributed by atoms with van der Waals surface area (Å²) in [4.78, 5) is 14.6. The molecular formula is C21H23FN2O5S. The molecule has 1 saturated heterocycles. The van der Waals surface area contributed by atoms with E-state index < -0.39 is 21.9 Å². The van der Waals surface area contributed by atoms with Gasteiger partial charge in [0, 0.05) is 30.8 Å². The van der Waals surface area contributed by atoms with E-state index in [1.54, 1.807) is 30.0 Å². The summed E-state index contributed by atoms with van der Waals surface area (Å²) >= 11 is 0. The van der Waals surface area contributed by atoms with Crippen LogP contribution in [0.4, 0.5) is 4.39 Å². The van der Waals surface area contributed by atoms with Crippen LogP contribution in [0.2, 0.25) is 0 Å². The van der Waals surface area contributed by atoms with E-state index in [-0.39, 0.29) is 24.0 Å². The average Bonchev–Trinajstić information content (AvgIpc) is 2.93. The van der Waals surface area contributed by atoms with Crippen molar-refractivity contribution in [3.8, 4) is 5.75 Å². The molecule has 1 amide bonds. The summed E-state index contributed by atoms with van der Waals surface area (Å²) in [6.07, 6.45) is 0. The van der Waals surface area contributed by atoms with E-state index in [1.807, 2.05) is 0 Å². The lowest BCUT2D eigenvalue weighted by Crippen LogP contribution is -2.41. The second-order valence-electron chi connectivity index (χ2n) is 7.39. The zero-order valence-corrected chi connectivity index (χ0v) is 17.4. The molecule has 160 valence electrons. The fourth-order valence-corrected chi connectivity index (χ4v) is 5.20. The van der Waals surface area contributed by atoms with Crippen molar-refractivity contribution in [2.45, 2.75) is 24.4 Å². The van der Waals surface area contributed by atoms with Gasteiger partial charge in [0.05, 0.1) is 24.2 Å². The maximum atomic E-state index is 13.3. The zero-order valence-electron chi connectivity index (χ0n) is 16.6. The Morgan fingerprint density at radius 1 is 1.10 bits per heavy atom. The van der Waals surface area contributed by atoms with Crippen molar-refractivity contribution in [3.63, 3.8) is 0 Å². The molecule has 0 saturated carbocycles. The van der Waals surface area contributed by atoms with Crippen molar-refractivity contribution in [2.24, 2.45) is 0 Å². The Morgan fingerprint density at radius 3 is 2.50 bits per heavy atom. The van der Waals surface area contributed by atoms with Crippen LogP contribution in [0, 0.1) is 5.82 Å². The van der Waals surface area contributed by atoms with Gasteiger partial charge in [-0.25, -0.2) is 12.8 Å². The number of carbonyl (C=O) groups is 1. The third-order valence-electron chi connectivity index (χ3n) is 5.32. The van der Waals surface area contributed by atoms with Crippen molar-refractivity contribution in [2.75, 3.05) is 32.9 Å². The highest BCUT2D eigenvalue weighted by molar-refractivity contribution is 7.89. The first kappa shape index (κ1) is 20.8. The number of sulfonamides is 1. The first-order chi connectivity index (χ1) is 14.4. The second-order valence-corrected chi connectivity index (χ2v) is 9.28. The number of nitrogens with zero attached hydrogens (tertiary/aromatic N) is 2. The van der Waals surface area contributed by atoms with Crippen LogP contribution in [0.15, 0.2) is 47.4 Å². The van der Waals surface area contributed by atoms with E-state index in [1.165, 1.54) is 16.4 Å². The minimum Gasteiger partial charge on any atom is -0.492 e. The van der Waals surface area contributed by atoms with Gasteiger partial charge >= 0.3 is 0 Å². The lowest BCUT2D eigenvalue weighted by Gasteiger charge is -2.27. The van der Waals surface area contributed by atoms with Crippen LogP contribution in [-0.2, 0) is 21.3 Å². The molecule has 1 atom stereocenters. The molecule has 4 rings (SSSR count). The van der Waals surface area contributed by atoms with Crippen LogP contribution in [0.3, 0.4) is 0 Å². The van der Waals surface area contributed by atoms with Gasteiger partial charge in [-0.15, -0.1) is 0 Å². The van der Waals surface area contributed by atoms with Gasteiger partial charge in [0.1, 0.15) is 18.2 Å². The van der Waals surface area contributed by atoms with Crippen LogP contribution >= 0.6 is 0 Å². The number of ether oxygens (including phenoxy) is 2. The van der Waals surface area contributed by atoms with E-state index in [0.717, 1.165) is 12.1 Å². The van der Waals surface area contributed by atoms with Crippen molar-refractivity contribution >= 4 is 15.9 Å². The highest BCUT2D eigenvalue weighted by Crippen LogP contribution is 2.30. The van der Waals surface area contributed by atoms with Gasteiger partial charge in [-0.05, 0) is 49.4 Å². The number of rotatable bonds is 3. The maximum Gasteiger partial charge on any atom is 0.254 e. The fraction of sp³-hybridized carbons (Fsp3) is 0.381. The Kier molecular flexibility index (Phi) is 5.77. The largest absolute Gasteiger partial charge is 0.492 e. The summed E-state index contributed by atoms with van der Waals surface area (Å²) in [5, 5.41) is 0. The number of hydrogen-bond donors (Lipinski definition) is 0. The minimum atomic E-state index is -3.87. The molecule has 0 spiro atoms. The van der Waals surface area contributed by atoms with Gasteiger partial charge in [-0.3, -0.25) is 4.79 Å². The predicted molar refractivity (Wildman–Crippen MR) is 107 cm³/mol. The van der Waals surface area contributed by atoms with Crippen LogP contribution in [-0.4, -0.2) is 62.5 Å². The predicted octanol–water partition coefficient (Wildman–Crippen LogP) is 2.27. The Morgan fingerprint density at radius 2 is 1.80 bits per heavy atom. The second kappa shape index (κ2) is 8.33. The van der Waals surface area contributed by atoms with Gasteiger partial charge in [0.2, 0.25) is 10.0 Å². The molecule has 0 unspecified atom stereocenters. The summed E-state index contributed by atoms with van der Waals surface area (Å²) in [6.45, 7) is 4.03. The molecule has 0 aliphatic carbocycles. The Hall–Kier alpha value is -2.49. The Labute approximate surface area is 175 Å². The lowest BCUT2D eigenvalue weighted by molar-refractivity contribution is 0.0303. The first-order valence-corrected chi connectivity index (χ1v) is 11.2. The monoisotopic (exact) mass is 434 g/mol. The number of morpholine rings is 1. The molecule has 2 aromatic rings. The molecule has 2 aliphatic rings. The summed E-state index contributed by atoms with van der Waals surface area (Å²) in [7, 11) is -3.87. The minimum absolute atomic E-state index is 0.0137. The number of halogens is 1. The van der Waals surface area contributed by atoms with E-state index in [9.17, 15) is 17.6 Å². The van der Waals surface area contributed by atoms with Crippen LogP contribution in [0.1, 0.15) is 22.8 Å². The topological polar surface area (TPSA) is 76.2 Å². The number of benzene rings is 2. The molecule has 1 fully saturated rings. The maximum absolute atomic E-state index is 13.3. The number of fused-ring (bicyclic) bond motifs is 1. The van der Waals surface area contributed by atoms with Crippen molar-refractivity contribution in [1.29, 1.82) is 0 Å². The summed E-state index contributed by atoms with van der Waals surface area (Å²) < 4.78 is 52.1. The van der Waals surface area contributed by atoms with Gasteiger partial charge in [-0.1, -0.05) is 0 Å². The molecule has 0 aromatic heterocycles. The van der Waals surface area contributed by atoms with Crippen molar-refractivity contribution in [3.05, 3.63) is 59.4 Å². The number of amides is 1. The van der Waals surface area contributed by atoms with E-state index >= 15 is 0 Å². The summed E-state index contributed by atoms with van der Waals surface area (Å²) in [5.41, 5.74) is 1.09. The highest BCUT2D eigenvalue weighted by atomic mass is 32.2. The van der Waals surface area contributed by atoms with Crippen LogP contribution < -0.4 is 4.74 Å². The third kappa shape index (κ3) is 4.05. The Balaban J connectivity index is 1.64. The van der Waals surface area contributed by atoms with E-state index in [0.29, 0.717) is 43.2 Å². The number of hydrogen-bond acceptors (Lipinski definition) is 5. The highest BCUT2D eigenvalue weighted by Gasteiger charge is 2.33. The van der Waals surface area contributed by atoms with Crippen LogP contribution in [0.5, 0.6) is 5.75 Å². The van der Waals surface area contributed by atoms with Crippen LogP contribution in [0.25, 0.3) is 0 Å². The van der Waals surface area contributed by atoms with Gasteiger partial charge < -0.3 is 14.4 Å². The van der Waals surface area contributed by atoms with Gasteiger partial charge in [-0.2, -0.15) is 4.31 Å². The molecule has 7 nitrogen and oxygen atoms in total. The van der Waals surface area contributed by atoms with E-state index in [2.05, 4.69) is 0 Å². The molecular weight excluding hydrogens is 411 g/mol. The molecule has 0 bridgehead atoms. The Bertz CT molecular complexity index is 1040.